The van der Waals surface area contributed by atoms with E-state index in [1.807, 2.05) is 13.8 Å². The van der Waals surface area contributed by atoms with Gasteiger partial charge in [-0.15, -0.1) is 11.3 Å². The van der Waals surface area contributed by atoms with Crippen molar-refractivity contribution >= 4 is 17.3 Å². The summed E-state index contributed by atoms with van der Waals surface area (Å²) >= 11 is 1.48. The van der Waals surface area contributed by atoms with Crippen molar-refractivity contribution in [2.75, 3.05) is 0 Å². The predicted octanol–water partition coefficient (Wildman–Crippen LogP) is 1.66. The largest absolute Gasteiger partial charge is 0.481 e. The Kier molecular flexibility index (Phi) is 4.03. The van der Waals surface area contributed by atoms with Gasteiger partial charge in [-0.2, -0.15) is 0 Å². The van der Waals surface area contributed by atoms with Crippen LogP contribution in [0.2, 0.25) is 0 Å². The summed E-state index contributed by atoms with van der Waals surface area (Å²) in [4.78, 5) is 15.5. The van der Waals surface area contributed by atoms with Gasteiger partial charge in [-0.1, -0.05) is 13.8 Å². The molecule has 5 heteroatoms. The van der Waals surface area contributed by atoms with Gasteiger partial charge in [0.05, 0.1) is 18.0 Å². The van der Waals surface area contributed by atoms with Crippen molar-refractivity contribution in [3.63, 3.8) is 0 Å². The Labute approximate surface area is 87.0 Å². The van der Waals surface area contributed by atoms with E-state index < -0.39 is 5.97 Å². The van der Waals surface area contributed by atoms with Gasteiger partial charge in [-0.25, -0.2) is 0 Å². The molecule has 78 valence electrons. The van der Waals surface area contributed by atoms with Gasteiger partial charge in [0, 0.05) is 17.1 Å². The average Bonchev–Trinajstić information content (AvgIpc) is 2.52. The third kappa shape index (κ3) is 3.43. The Morgan fingerprint density at radius 3 is 2.86 bits per heavy atom. The summed E-state index contributed by atoms with van der Waals surface area (Å²) in [6, 6.07) is 0.140. The minimum atomic E-state index is -0.795. The van der Waals surface area contributed by atoms with E-state index in [0.29, 0.717) is 0 Å². The van der Waals surface area contributed by atoms with Crippen molar-refractivity contribution < 1.29 is 9.90 Å². The van der Waals surface area contributed by atoms with Crippen LogP contribution in [0.1, 0.15) is 31.2 Å². The number of hydrogen-bond acceptors (Lipinski definition) is 4. The minimum Gasteiger partial charge on any atom is -0.481 e. The molecule has 1 rings (SSSR count). The molecule has 0 aliphatic carbocycles. The molecule has 0 spiro atoms. The maximum atomic E-state index is 10.6. The monoisotopic (exact) mass is 214 g/mol. The number of rotatable bonds is 5. The summed E-state index contributed by atoms with van der Waals surface area (Å²) < 4.78 is 0. The average molecular weight is 214 g/mol. The zero-order valence-corrected chi connectivity index (χ0v) is 9.04. The standard InChI is InChI=1S/C9H14N2O2S/c1-6(2)11-7(3-9(12)13)8-4-10-5-14-8/h4-7,11H,3H2,1-2H3,(H,12,13). The molecule has 0 saturated heterocycles. The molecule has 14 heavy (non-hydrogen) atoms. The van der Waals surface area contributed by atoms with E-state index in [1.165, 1.54) is 11.3 Å². The lowest BCUT2D eigenvalue weighted by atomic mass is 10.1. The number of carboxylic acid groups (broad SMARTS) is 1. The highest BCUT2D eigenvalue weighted by Crippen LogP contribution is 2.20. The maximum absolute atomic E-state index is 10.6. The van der Waals surface area contributed by atoms with Crippen molar-refractivity contribution in [2.45, 2.75) is 32.4 Å². The van der Waals surface area contributed by atoms with Crippen LogP contribution in [-0.4, -0.2) is 22.1 Å². The minimum absolute atomic E-state index is 0.0976. The topological polar surface area (TPSA) is 62.2 Å². The molecule has 1 aromatic rings. The van der Waals surface area contributed by atoms with Crippen LogP contribution in [-0.2, 0) is 4.79 Å². The summed E-state index contributed by atoms with van der Waals surface area (Å²) in [7, 11) is 0. The van der Waals surface area contributed by atoms with E-state index in [2.05, 4.69) is 10.3 Å². The number of carboxylic acids is 1. The van der Waals surface area contributed by atoms with Gasteiger partial charge in [0.2, 0.25) is 0 Å². The molecule has 0 bridgehead atoms. The molecule has 1 heterocycles. The van der Waals surface area contributed by atoms with Crippen LogP contribution in [0.15, 0.2) is 11.7 Å². The Morgan fingerprint density at radius 2 is 2.43 bits per heavy atom. The fourth-order valence-corrected chi connectivity index (χ4v) is 1.90. The van der Waals surface area contributed by atoms with E-state index in [0.717, 1.165) is 4.88 Å². The zero-order chi connectivity index (χ0) is 10.6. The molecule has 0 aliphatic heterocycles. The lowest BCUT2D eigenvalue weighted by molar-refractivity contribution is -0.137. The van der Waals surface area contributed by atoms with Crippen molar-refractivity contribution in [1.29, 1.82) is 0 Å². The Balaban J connectivity index is 2.67. The molecule has 0 aliphatic rings. The van der Waals surface area contributed by atoms with Crippen molar-refractivity contribution in [3.8, 4) is 0 Å². The number of aromatic nitrogens is 1. The molecule has 1 aromatic heterocycles. The maximum Gasteiger partial charge on any atom is 0.305 e. The van der Waals surface area contributed by atoms with Gasteiger partial charge in [0.15, 0.2) is 0 Å². The highest BCUT2D eigenvalue weighted by atomic mass is 32.1. The summed E-state index contributed by atoms with van der Waals surface area (Å²) in [5.74, 6) is -0.795. The molecular weight excluding hydrogens is 200 g/mol. The molecule has 0 saturated carbocycles. The summed E-state index contributed by atoms with van der Waals surface area (Å²) in [6.07, 6.45) is 1.81. The molecule has 2 N–H and O–H groups in total. The Bertz CT molecular complexity index is 285. The van der Waals surface area contributed by atoms with Crippen LogP contribution >= 0.6 is 11.3 Å². The molecule has 0 fully saturated rings. The van der Waals surface area contributed by atoms with Gasteiger partial charge >= 0.3 is 5.97 Å². The van der Waals surface area contributed by atoms with E-state index >= 15 is 0 Å². The smallest absolute Gasteiger partial charge is 0.305 e. The second-order valence-electron chi connectivity index (χ2n) is 3.38. The third-order valence-electron chi connectivity index (χ3n) is 1.71. The Hall–Kier alpha value is -0.940. The first-order valence-corrected chi connectivity index (χ1v) is 5.33. The first-order chi connectivity index (χ1) is 6.59. The third-order valence-corrected chi connectivity index (χ3v) is 2.60. The van der Waals surface area contributed by atoms with Gasteiger partial charge < -0.3 is 10.4 Å². The highest BCUT2D eigenvalue weighted by Gasteiger charge is 2.17. The van der Waals surface area contributed by atoms with Crippen LogP contribution in [0.4, 0.5) is 0 Å². The molecule has 0 amide bonds. The molecule has 1 unspecified atom stereocenters. The van der Waals surface area contributed by atoms with Crippen LogP contribution in [0.25, 0.3) is 0 Å². The molecule has 0 radical (unpaired) electrons. The normalized spacial score (nSPS) is 13.1. The molecule has 1 atom stereocenters. The predicted molar refractivity (Wildman–Crippen MR) is 55.4 cm³/mol. The van der Waals surface area contributed by atoms with Crippen LogP contribution in [0, 0.1) is 0 Å². The number of aliphatic carboxylic acids is 1. The van der Waals surface area contributed by atoms with Gasteiger partial charge in [0.1, 0.15) is 0 Å². The zero-order valence-electron chi connectivity index (χ0n) is 8.23. The highest BCUT2D eigenvalue weighted by molar-refractivity contribution is 7.09. The van der Waals surface area contributed by atoms with Gasteiger partial charge in [-0.3, -0.25) is 9.78 Å². The second-order valence-corrected chi connectivity index (χ2v) is 4.29. The fourth-order valence-electron chi connectivity index (χ4n) is 1.22. The Morgan fingerprint density at radius 1 is 1.71 bits per heavy atom. The van der Waals surface area contributed by atoms with Crippen molar-refractivity contribution in [1.82, 2.24) is 10.3 Å². The van der Waals surface area contributed by atoms with E-state index in [9.17, 15) is 4.79 Å². The molecular formula is C9H14N2O2S. The number of thiazole rings is 1. The summed E-state index contributed by atoms with van der Waals surface area (Å²) in [5, 5.41) is 11.9. The van der Waals surface area contributed by atoms with Crippen LogP contribution in [0.3, 0.4) is 0 Å². The first kappa shape index (κ1) is 11.1. The fraction of sp³-hybridized carbons (Fsp3) is 0.556. The number of nitrogens with zero attached hydrogens (tertiary/aromatic N) is 1. The van der Waals surface area contributed by atoms with Gasteiger partial charge in [-0.05, 0) is 0 Å². The SMILES string of the molecule is CC(C)NC(CC(=O)O)c1cncs1. The number of carbonyl (C=O) groups is 1. The van der Waals surface area contributed by atoms with Crippen LogP contribution < -0.4 is 5.32 Å². The first-order valence-electron chi connectivity index (χ1n) is 4.46. The number of nitrogens with one attached hydrogen (secondary N) is 1. The molecule has 0 aromatic carbocycles. The van der Waals surface area contributed by atoms with Crippen LogP contribution in [0.5, 0.6) is 0 Å². The van der Waals surface area contributed by atoms with Gasteiger partial charge in [0.25, 0.3) is 0 Å². The molecule has 4 nitrogen and oxygen atoms in total. The summed E-state index contributed by atoms with van der Waals surface area (Å²) in [6.45, 7) is 3.99. The van der Waals surface area contributed by atoms with E-state index in [1.54, 1.807) is 11.7 Å². The lowest BCUT2D eigenvalue weighted by Gasteiger charge is -2.17. The van der Waals surface area contributed by atoms with E-state index in [4.69, 9.17) is 5.11 Å². The number of hydrogen-bond donors (Lipinski definition) is 2. The quantitative estimate of drug-likeness (QED) is 0.782. The van der Waals surface area contributed by atoms with Crippen molar-refractivity contribution in [3.05, 3.63) is 16.6 Å². The summed E-state index contributed by atoms with van der Waals surface area (Å²) in [5.41, 5.74) is 1.71. The lowest BCUT2D eigenvalue weighted by Crippen LogP contribution is -2.29. The van der Waals surface area contributed by atoms with Crippen molar-refractivity contribution in [2.24, 2.45) is 0 Å². The second kappa shape index (κ2) is 5.07. The van der Waals surface area contributed by atoms with E-state index in [-0.39, 0.29) is 18.5 Å².